The highest BCUT2D eigenvalue weighted by molar-refractivity contribution is 4.75. The van der Waals surface area contributed by atoms with Crippen molar-refractivity contribution in [2.75, 3.05) is 46.0 Å². The molecule has 0 radical (unpaired) electrons. The van der Waals surface area contributed by atoms with Gasteiger partial charge in [0.25, 0.3) is 0 Å². The topological polar surface area (TPSA) is 38.7 Å². The van der Waals surface area contributed by atoms with E-state index in [1.807, 2.05) is 0 Å². The third kappa shape index (κ3) is 4.47. The minimum atomic E-state index is 0.0901. The molecule has 0 bridgehead atoms. The molecule has 0 aromatic carbocycles. The molecule has 0 aromatic rings. The van der Waals surface area contributed by atoms with Crippen molar-refractivity contribution in [3.63, 3.8) is 0 Å². The highest BCUT2D eigenvalue weighted by Gasteiger charge is 2.19. The van der Waals surface area contributed by atoms with Crippen LogP contribution in [0.25, 0.3) is 0 Å². The zero-order valence-corrected chi connectivity index (χ0v) is 10.1. The van der Waals surface area contributed by atoms with E-state index in [0.717, 1.165) is 32.2 Å². The predicted octanol–water partition coefficient (Wildman–Crippen LogP) is -0.0581. The molecule has 1 aliphatic rings. The van der Waals surface area contributed by atoms with Gasteiger partial charge < -0.3 is 5.11 Å². The second-order valence-electron chi connectivity index (χ2n) is 4.29. The number of hydrogen-bond donors (Lipinski definition) is 2. The van der Waals surface area contributed by atoms with Crippen molar-refractivity contribution >= 4 is 0 Å². The minimum absolute atomic E-state index is 0.0901. The molecular formula is C11H25N3O. The van der Waals surface area contributed by atoms with E-state index in [9.17, 15) is 0 Å². The van der Waals surface area contributed by atoms with E-state index < -0.39 is 0 Å². The molecule has 1 atom stereocenters. The molecule has 0 aliphatic carbocycles. The molecule has 1 saturated heterocycles. The number of aliphatic hydroxyl groups excluding tert-OH is 1. The van der Waals surface area contributed by atoms with Crippen molar-refractivity contribution in [2.24, 2.45) is 0 Å². The normalized spacial score (nSPS) is 21.8. The molecule has 1 fully saturated rings. The monoisotopic (exact) mass is 215 g/mol. The summed E-state index contributed by atoms with van der Waals surface area (Å²) in [7, 11) is 0. The van der Waals surface area contributed by atoms with Crippen LogP contribution in [0.5, 0.6) is 0 Å². The average Bonchev–Trinajstić information content (AvgIpc) is 2.29. The van der Waals surface area contributed by atoms with Crippen LogP contribution in [0.2, 0.25) is 0 Å². The molecule has 0 spiro atoms. The van der Waals surface area contributed by atoms with Gasteiger partial charge in [-0.3, -0.25) is 15.1 Å². The Kier molecular flexibility index (Phi) is 6.17. The van der Waals surface area contributed by atoms with Gasteiger partial charge in [0, 0.05) is 45.3 Å². The number of rotatable bonds is 6. The third-order valence-electron chi connectivity index (χ3n) is 3.34. The van der Waals surface area contributed by atoms with Gasteiger partial charge in [-0.2, -0.15) is 0 Å². The molecule has 4 heteroatoms. The predicted molar refractivity (Wildman–Crippen MR) is 62.9 cm³/mol. The van der Waals surface area contributed by atoms with Gasteiger partial charge in [0.2, 0.25) is 0 Å². The van der Waals surface area contributed by atoms with Gasteiger partial charge in [0.1, 0.15) is 0 Å². The molecule has 1 heterocycles. The Labute approximate surface area is 93.2 Å². The van der Waals surface area contributed by atoms with Crippen molar-refractivity contribution in [3.05, 3.63) is 0 Å². The molecule has 0 aromatic heterocycles. The molecule has 90 valence electrons. The zero-order chi connectivity index (χ0) is 11.1. The first-order valence-electron chi connectivity index (χ1n) is 6.06. The van der Waals surface area contributed by atoms with Crippen LogP contribution in [0.15, 0.2) is 0 Å². The maximum atomic E-state index is 8.60. The van der Waals surface area contributed by atoms with E-state index in [4.69, 9.17) is 5.11 Å². The standard InChI is InChI=1S/C11H25N3O/c1-3-11(2)14-8-6-13(7-9-14)5-4-12-10-15/h11-12,15H,3-10H2,1-2H3/t11-/m1/s1. The first kappa shape index (κ1) is 12.9. The van der Waals surface area contributed by atoms with E-state index in [0.29, 0.717) is 0 Å². The second-order valence-corrected chi connectivity index (χ2v) is 4.29. The smallest absolute Gasteiger partial charge is 0.0931 e. The van der Waals surface area contributed by atoms with Crippen molar-refractivity contribution in [2.45, 2.75) is 26.3 Å². The Morgan fingerprint density at radius 1 is 1.27 bits per heavy atom. The summed E-state index contributed by atoms with van der Waals surface area (Å²) in [6, 6.07) is 0.725. The van der Waals surface area contributed by atoms with Crippen molar-refractivity contribution < 1.29 is 5.11 Å². The van der Waals surface area contributed by atoms with Crippen LogP contribution >= 0.6 is 0 Å². The molecule has 4 nitrogen and oxygen atoms in total. The Balaban J connectivity index is 2.12. The Hall–Kier alpha value is -0.160. The number of aliphatic hydroxyl groups is 1. The number of hydrogen-bond acceptors (Lipinski definition) is 4. The number of nitrogens with one attached hydrogen (secondary N) is 1. The first-order chi connectivity index (χ1) is 7.27. The summed E-state index contributed by atoms with van der Waals surface area (Å²) >= 11 is 0. The minimum Gasteiger partial charge on any atom is -0.381 e. The van der Waals surface area contributed by atoms with Crippen LogP contribution in [-0.2, 0) is 0 Å². The van der Waals surface area contributed by atoms with Crippen LogP contribution in [0.3, 0.4) is 0 Å². The molecule has 1 rings (SSSR count). The summed E-state index contributed by atoms with van der Waals surface area (Å²) in [4.78, 5) is 5.03. The number of piperazine rings is 1. The van der Waals surface area contributed by atoms with E-state index in [1.165, 1.54) is 19.5 Å². The van der Waals surface area contributed by atoms with Crippen molar-refractivity contribution in [1.29, 1.82) is 0 Å². The molecule has 0 unspecified atom stereocenters. The SMILES string of the molecule is CC[C@@H](C)N1CCN(CCNCO)CC1. The first-order valence-corrected chi connectivity index (χ1v) is 6.06. The van der Waals surface area contributed by atoms with Crippen molar-refractivity contribution in [1.82, 2.24) is 15.1 Å². The van der Waals surface area contributed by atoms with Gasteiger partial charge in [-0.15, -0.1) is 0 Å². The molecule has 15 heavy (non-hydrogen) atoms. The van der Waals surface area contributed by atoms with Gasteiger partial charge in [0.15, 0.2) is 0 Å². The van der Waals surface area contributed by atoms with Gasteiger partial charge in [-0.1, -0.05) is 6.92 Å². The van der Waals surface area contributed by atoms with E-state index in [1.54, 1.807) is 0 Å². The lowest BCUT2D eigenvalue weighted by atomic mass is 10.2. The Morgan fingerprint density at radius 3 is 2.47 bits per heavy atom. The van der Waals surface area contributed by atoms with E-state index in [-0.39, 0.29) is 6.73 Å². The van der Waals surface area contributed by atoms with Crippen LogP contribution in [0.1, 0.15) is 20.3 Å². The van der Waals surface area contributed by atoms with Gasteiger partial charge in [-0.25, -0.2) is 0 Å². The second kappa shape index (κ2) is 7.17. The lowest BCUT2D eigenvalue weighted by molar-refractivity contribution is 0.0995. The van der Waals surface area contributed by atoms with Crippen LogP contribution < -0.4 is 5.32 Å². The van der Waals surface area contributed by atoms with Crippen molar-refractivity contribution in [3.8, 4) is 0 Å². The highest BCUT2D eigenvalue weighted by atomic mass is 16.3. The fourth-order valence-electron chi connectivity index (χ4n) is 2.00. The third-order valence-corrected chi connectivity index (χ3v) is 3.34. The quantitative estimate of drug-likeness (QED) is 0.481. The zero-order valence-electron chi connectivity index (χ0n) is 10.1. The molecular weight excluding hydrogens is 190 g/mol. The van der Waals surface area contributed by atoms with Crippen LogP contribution in [-0.4, -0.2) is 66.9 Å². The van der Waals surface area contributed by atoms with Crippen LogP contribution in [0.4, 0.5) is 0 Å². The molecule has 0 saturated carbocycles. The molecule has 1 aliphatic heterocycles. The fraction of sp³-hybridized carbons (Fsp3) is 1.00. The maximum absolute atomic E-state index is 8.60. The van der Waals surface area contributed by atoms with Crippen LogP contribution in [0, 0.1) is 0 Å². The Morgan fingerprint density at radius 2 is 1.93 bits per heavy atom. The lowest BCUT2D eigenvalue weighted by Crippen LogP contribution is -2.50. The average molecular weight is 215 g/mol. The van der Waals surface area contributed by atoms with Gasteiger partial charge >= 0.3 is 0 Å². The Bertz CT molecular complexity index is 158. The highest BCUT2D eigenvalue weighted by Crippen LogP contribution is 2.07. The molecule has 2 N–H and O–H groups in total. The summed E-state index contributed by atoms with van der Waals surface area (Å²) in [5.41, 5.74) is 0. The van der Waals surface area contributed by atoms with Gasteiger partial charge in [0.05, 0.1) is 6.73 Å². The van der Waals surface area contributed by atoms with Gasteiger partial charge in [-0.05, 0) is 13.3 Å². The van der Waals surface area contributed by atoms with E-state index >= 15 is 0 Å². The summed E-state index contributed by atoms with van der Waals surface area (Å²) in [6.07, 6.45) is 1.24. The lowest BCUT2D eigenvalue weighted by Gasteiger charge is -2.37. The number of nitrogens with zero attached hydrogens (tertiary/aromatic N) is 2. The summed E-state index contributed by atoms with van der Waals surface area (Å²) in [5.74, 6) is 0. The summed E-state index contributed by atoms with van der Waals surface area (Å²) < 4.78 is 0. The largest absolute Gasteiger partial charge is 0.381 e. The summed E-state index contributed by atoms with van der Waals surface area (Å²) in [6.45, 7) is 11.3. The molecule has 0 amide bonds. The maximum Gasteiger partial charge on any atom is 0.0931 e. The van der Waals surface area contributed by atoms with E-state index in [2.05, 4.69) is 29.0 Å². The summed E-state index contributed by atoms with van der Waals surface area (Å²) in [5, 5.41) is 11.5. The fourth-order valence-corrected chi connectivity index (χ4v) is 2.00.